The van der Waals surface area contributed by atoms with E-state index in [9.17, 15) is 0 Å². The van der Waals surface area contributed by atoms with Crippen molar-refractivity contribution < 1.29 is 4.74 Å². The maximum absolute atomic E-state index is 6.08. The Morgan fingerprint density at radius 3 is 2.45 bits per heavy atom. The van der Waals surface area contributed by atoms with Crippen molar-refractivity contribution in [2.45, 2.75) is 32.2 Å². The van der Waals surface area contributed by atoms with Gasteiger partial charge < -0.3 is 15.0 Å². The molecule has 0 fully saturated rings. The average Bonchev–Trinajstić information content (AvgIpc) is 2.84. The zero-order chi connectivity index (χ0) is 23.4. The predicted molar refractivity (Wildman–Crippen MR) is 146 cm³/mol. The molecule has 0 radical (unpaired) electrons. The number of benzene rings is 3. The largest absolute Gasteiger partial charge is 0.432 e. The van der Waals surface area contributed by atoms with Gasteiger partial charge in [0.25, 0.3) is 5.17 Å². The van der Waals surface area contributed by atoms with E-state index >= 15 is 0 Å². The fourth-order valence-corrected chi connectivity index (χ4v) is 4.84. The van der Waals surface area contributed by atoms with Gasteiger partial charge in [-0.3, -0.25) is 0 Å². The van der Waals surface area contributed by atoms with Crippen molar-refractivity contribution in [3.63, 3.8) is 0 Å². The van der Waals surface area contributed by atoms with Gasteiger partial charge in [0.2, 0.25) is 0 Å². The van der Waals surface area contributed by atoms with Crippen molar-refractivity contribution >= 4 is 44.6 Å². The SMILES string of the molecule is CNc1ccc(Br)cc1C1=CC(c2ccc(C(C)C)cc2)N(C(=S)Oc2ccccc2)CC1. The second-order valence-electron chi connectivity index (χ2n) is 8.52. The first kappa shape index (κ1) is 23.5. The molecule has 1 atom stereocenters. The molecule has 1 heterocycles. The number of hydrogen-bond donors (Lipinski definition) is 1. The van der Waals surface area contributed by atoms with Crippen LogP contribution in [-0.2, 0) is 0 Å². The molecule has 0 spiro atoms. The average molecular weight is 522 g/mol. The molecule has 0 bridgehead atoms. The number of halogens is 1. The van der Waals surface area contributed by atoms with Gasteiger partial charge >= 0.3 is 0 Å². The molecule has 0 amide bonds. The van der Waals surface area contributed by atoms with Crippen LogP contribution in [0.2, 0.25) is 0 Å². The highest BCUT2D eigenvalue weighted by Crippen LogP contribution is 2.38. The number of nitrogens with one attached hydrogen (secondary N) is 1. The van der Waals surface area contributed by atoms with Gasteiger partial charge in [-0.05, 0) is 71.6 Å². The van der Waals surface area contributed by atoms with Crippen LogP contribution in [0.3, 0.4) is 0 Å². The third kappa shape index (κ3) is 5.48. The Hall–Kier alpha value is -2.63. The molecule has 33 heavy (non-hydrogen) atoms. The Morgan fingerprint density at radius 1 is 1.06 bits per heavy atom. The molecule has 1 aliphatic heterocycles. The quantitative estimate of drug-likeness (QED) is 0.346. The number of thiocarbonyl (C=S) groups is 1. The lowest BCUT2D eigenvalue weighted by molar-refractivity contribution is 0.308. The molecule has 1 unspecified atom stereocenters. The maximum Gasteiger partial charge on any atom is 0.265 e. The van der Waals surface area contributed by atoms with E-state index < -0.39 is 0 Å². The van der Waals surface area contributed by atoms with Crippen LogP contribution in [0, 0.1) is 0 Å². The van der Waals surface area contributed by atoms with Crippen molar-refractivity contribution in [1.29, 1.82) is 0 Å². The number of rotatable bonds is 5. The smallest absolute Gasteiger partial charge is 0.265 e. The summed E-state index contributed by atoms with van der Waals surface area (Å²) in [5.41, 5.74) is 6.17. The van der Waals surface area contributed by atoms with E-state index in [1.807, 2.05) is 37.4 Å². The van der Waals surface area contributed by atoms with E-state index in [0.717, 1.165) is 28.9 Å². The third-order valence-electron chi connectivity index (χ3n) is 6.04. The van der Waals surface area contributed by atoms with Crippen molar-refractivity contribution in [2.24, 2.45) is 0 Å². The fourth-order valence-electron chi connectivity index (χ4n) is 4.18. The molecule has 170 valence electrons. The Labute approximate surface area is 210 Å². The predicted octanol–water partition coefficient (Wildman–Crippen LogP) is 7.81. The summed E-state index contributed by atoms with van der Waals surface area (Å²) >= 11 is 9.42. The fraction of sp³-hybridized carbons (Fsp3) is 0.250. The summed E-state index contributed by atoms with van der Waals surface area (Å²) in [6.45, 7) is 5.22. The second kappa shape index (κ2) is 10.5. The van der Waals surface area contributed by atoms with Gasteiger partial charge in [-0.25, -0.2) is 0 Å². The van der Waals surface area contributed by atoms with Crippen molar-refractivity contribution in [2.75, 3.05) is 18.9 Å². The minimum absolute atomic E-state index is 0.00476. The summed E-state index contributed by atoms with van der Waals surface area (Å²) < 4.78 is 7.15. The zero-order valence-electron chi connectivity index (χ0n) is 19.2. The topological polar surface area (TPSA) is 24.5 Å². The molecule has 4 rings (SSSR count). The molecule has 5 heteroatoms. The van der Waals surface area contributed by atoms with Crippen LogP contribution in [0.15, 0.2) is 83.3 Å². The summed E-state index contributed by atoms with van der Waals surface area (Å²) in [6, 6.07) is 25.0. The molecule has 0 saturated carbocycles. The summed E-state index contributed by atoms with van der Waals surface area (Å²) in [4.78, 5) is 2.19. The van der Waals surface area contributed by atoms with E-state index in [1.165, 1.54) is 22.3 Å². The minimum Gasteiger partial charge on any atom is -0.432 e. The number of para-hydroxylation sites is 1. The van der Waals surface area contributed by atoms with Crippen LogP contribution >= 0.6 is 28.1 Å². The van der Waals surface area contributed by atoms with Crippen molar-refractivity contribution in [3.05, 3.63) is 100 Å². The van der Waals surface area contributed by atoms with E-state index in [1.54, 1.807) is 0 Å². The molecule has 1 N–H and O–H groups in total. The molecule has 1 aliphatic rings. The van der Waals surface area contributed by atoms with E-state index in [0.29, 0.717) is 11.1 Å². The first-order valence-corrected chi connectivity index (χ1v) is 12.5. The van der Waals surface area contributed by atoms with Crippen LogP contribution < -0.4 is 10.1 Å². The lowest BCUT2D eigenvalue weighted by atomic mass is 9.91. The Bertz CT molecular complexity index is 1140. The Balaban J connectivity index is 1.72. The number of ether oxygens (including phenoxy) is 1. The molecule has 0 saturated heterocycles. The highest BCUT2D eigenvalue weighted by atomic mass is 79.9. The van der Waals surface area contributed by atoms with E-state index in [2.05, 4.69) is 88.5 Å². The van der Waals surface area contributed by atoms with Crippen LogP contribution in [0.25, 0.3) is 5.57 Å². The van der Waals surface area contributed by atoms with Gasteiger partial charge in [0.15, 0.2) is 0 Å². The first-order valence-electron chi connectivity index (χ1n) is 11.3. The Kier molecular flexibility index (Phi) is 7.51. The molecular formula is C28H29BrN2OS. The van der Waals surface area contributed by atoms with Gasteiger partial charge in [0, 0.05) is 29.3 Å². The molecule has 3 aromatic rings. The highest BCUT2D eigenvalue weighted by molar-refractivity contribution is 9.10. The first-order chi connectivity index (χ1) is 16.0. The van der Waals surface area contributed by atoms with E-state index in [-0.39, 0.29) is 6.04 Å². The number of anilines is 1. The van der Waals surface area contributed by atoms with E-state index in [4.69, 9.17) is 17.0 Å². The van der Waals surface area contributed by atoms with Gasteiger partial charge in [-0.15, -0.1) is 0 Å². The van der Waals surface area contributed by atoms with Crippen molar-refractivity contribution in [3.8, 4) is 5.75 Å². The standard InChI is InChI=1S/C28H29BrN2OS/c1-19(2)20-9-11-21(12-10-20)27-17-22(25-18-23(29)13-14-26(25)30-3)15-16-31(27)28(33)32-24-7-5-4-6-8-24/h4-14,17-19,27,30H,15-16H2,1-3H3. The monoisotopic (exact) mass is 520 g/mol. The third-order valence-corrected chi connectivity index (χ3v) is 6.85. The van der Waals surface area contributed by atoms with Crippen LogP contribution in [0.5, 0.6) is 5.75 Å². The zero-order valence-corrected chi connectivity index (χ0v) is 21.6. The summed E-state index contributed by atoms with van der Waals surface area (Å²) in [6.07, 6.45) is 3.21. The minimum atomic E-state index is -0.00476. The highest BCUT2D eigenvalue weighted by Gasteiger charge is 2.28. The number of hydrogen-bond acceptors (Lipinski definition) is 3. The summed E-state index contributed by atoms with van der Waals surface area (Å²) in [7, 11) is 1.97. The Morgan fingerprint density at radius 2 is 1.79 bits per heavy atom. The second-order valence-corrected chi connectivity index (χ2v) is 9.79. The lowest BCUT2D eigenvalue weighted by Gasteiger charge is -2.36. The molecule has 0 aromatic heterocycles. The summed E-state index contributed by atoms with van der Waals surface area (Å²) in [5.74, 6) is 1.26. The maximum atomic E-state index is 6.08. The summed E-state index contributed by atoms with van der Waals surface area (Å²) in [5, 5.41) is 3.83. The molecule has 3 aromatic carbocycles. The van der Waals surface area contributed by atoms with Gasteiger partial charge in [-0.1, -0.05) is 78.3 Å². The number of nitrogens with zero attached hydrogens (tertiary/aromatic N) is 1. The molecular weight excluding hydrogens is 492 g/mol. The van der Waals surface area contributed by atoms with Crippen LogP contribution in [0.1, 0.15) is 48.9 Å². The normalized spacial score (nSPS) is 15.8. The van der Waals surface area contributed by atoms with Gasteiger partial charge in [0.05, 0.1) is 6.04 Å². The van der Waals surface area contributed by atoms with Gasteiger partial charge in [-0.2, -0.15) is 0 Å². The van der Waals surface area contributed by atoms with Crippen LogP contribution in [-0.4, -0.2) is 23.7 Å². The molecule has 0 aliphatic carbocycles. The van der Waals surface area contributed by atoms with Crippen molar-refractivity contribution in [1.82, 2.24) is 4.90 Å². The van der Waals surface area contributed by atoms with Crippen LogP contribution in [0.4, 0.5) is 5.69 Å². The molecule has 3 nitrogen and oxygen atoms in total. The lowest BCUT2D eigenvalue weighted by Crippen LogP contribution is -2.39. The van der Waals surface area contributed by atoms with Gasteiger partial charge in [0.1, 0.15) is 5.75 Å².